The van der Waals surface area contributed by atoms with Gasteiger partial charge in [-0.15, -0.1) is 0 Å². The number of amides is 1. The molecule has 0 unspecified atom stereocenters. The van der Waals surface area contributed by atoms with E-state index in [2.05, 4.69) is 88.7 Å². The lowest BCUT2D eigenvalue weighted by Crippen LogP contribution is -2.50. The van der Waals surface area contributed by atoms with E-state index in [4.69, 9.17) is 16.6 Å². The molecule has 4 aromatic rings. The van der Waals surface area contributed by atoms with Gasteiger partial charge in [-0.05, 0) is 42.7 Å². The minimum atomic E-state index is 0.190. The highest BCUT2D eigenvalue weighted by Gasteiger charge is 2.28. The number of nitrogens with zero attached hydrogens (tertiary/aromatic N) is 5. The lowest BCUT2D eigenvalue weighted by atomic mass is 9.96. The predicted molar refractivity (Wildman–Crippen MR) is 164 cm³/mol. The molecule has 40 heavy (non-hydrogen) atoms. The maximum Gasteiger partial charge on any atom is 0.224 e. The third kappa shape index (κ3) is 7.08. The van der Waals surface area contributed by atoms with Crippen LogP contribution in [0.3, 0.4) is 0 Å². The highest BCUT2D eigenvalue weighted by atomic mass is 35.5. The number of carbonyl (C=O) groups is 1. The standard InChI is InChI=1S/C32H36ClN5OS/c1-24(2)38(32-34-29(35-40-32)23-25-13-15-28(33)16-14-25)18-17-30(39)36-19-21-37(22-20-36)31(26-9-5-3-6-10-26)27-11-7-4-8-12-27/h3-16,24,31H,17-23H2,1-2H3. The first-order valence-electron chi connectivity index (χ1n) is 13.9. The summed E-state index contributed by atoms with van der Waals surface area (Å²) in [7, 11) is 0. The smallest absolute Gasteiger partial charge is 0.224 e. The monoisotopic (exact) mass is 573 g/mol. The summed E-state index contributed by atoms with van der Waals surface area (Å²) in [5.74, 6) is 0.994. The summed E-state index contributed by atoms with van der Waals surface area (Å²) in [5, 5.41) is 1.59. The van der Waals surface area contributed by atoms with Crippen LogP contribution in [-0.2, 0) is 11.2 Å². The van der Waals surface area contributed by atoms with Crippen LogP contribution >= 0.6 is 23.1 Å². The molecule has 0 atom stereocenters. The van der Waals surface area contributed by atoms with E-state index in [0.29, 0.717) is 19.4 Å². The first-order valence-corrected chi connectivity index (χ1v) is 15.1. The Hall–Kier alpha value is -3.26. The van der Waals surface area contributed by atoms with Gasteiger partial charge in [-0.3, -0.25) is 9.69 Å². The summed E-state index contributed by atoms with van der Waals surface area (Å²) in [6.45, 7) is 8.06. The molecule has 8 heteroatoms. The van der Waals surface area contributed by atoms with Gasteiger partial charge in [-0.25, -0.2) is 4.98 Å². The third-order valence-corrected chi connectivity index (χ3v) is 8.47. The number of piperazine rings is 1. The Kier molecular flexibility index (Phi) is 9.47. The van der Waals surface area contributed by atoms with E-state index in [9.17, 15) is 4.79 Å². The van der Waals surface area contributed by atoms with Crippen molar-refractivity contribution in [1.29, 1.82) is 0 Å². The van der Waals surface area contributed by atoms with E-state index in [-0.39, 0.29) is 18.0 Å². The normalized spacial score (nSPS) is 14.2. The first-order chi connectivity index (χ1) is 19.5. The number of hydrogen-bond acceptors (Lipinski definition) is 6. The van der Waals surface area contributed by atoms with E-state index in [1.54, 1.807) is 0 Å². The summed E-state index contributed by atoms with van der Waals surface area (Å²) in [6.07, 6.45) is 1.13. The molecule has 5 rings (SSSR count). The van der Waals surface area contributed by atoms with E-state index in [1.165, 1.54) is 22.7 Å². The SMILES string of the molecule is CC(C)N(CCC(=O)N1CCN(C(c2ccccc2)c2ccccc2)CC1)c1nc(Cc2ccc(Cl)cc2)ns1. The molecule has 2 heterocycles. The van der Waals surface area contributed by atoms with Gasteiger partial charge in [-0.2, -0.15) is 4.37 Å². The molecule has 1 aliphatic rings. The molecule has 0 radical (unpaired) electrons. The van der Waals surface area contributed by atoms with E-state index < -0.39 is 0 Å². The van der Waals surface area contributed by atoms with Gasteiger partial charge in [0.2, 0.25) is 11.0 Å². The van der Waals surface area contributed by atoms with Crippen LogP contribution in [0.2, 0.25) is 5.02 Å². The Morgan fingerprint density at radius 2 is 1.50 bits per heavy atom. The lowest BCUT2D eigenvalue weighted by molar-refractivity contribution is -0.133. The van der Waals surface area contributed by atoms with Crippen molar-refractivity contribution in [2.45, 2.75) is 38.8 Å². The lowest BCUT2D eigenvalue weighted by Gasteiger charge is -2.40. The topological polar surface area (TPSA) is 52.6 Å². The van der Waals surface area contributed by atoms with Gasteiger partial charge in [0.05, 0.1) is 6.04 Å². The molecule has 1 saturated heterocycles. The molecule has 0 saturated carbocycles. The largest absolute Gasteiger partial charge is 0.344 e. The van der Waals surface area contributed by atoms with Crippen LogP contribution in [0.5, 0.6) is 0 Å². The Labute approximate surface area is 246 Å². The zero-order valence-electron chi connectivity index (χ0n) is 23.1. The summed E-state index contributed by atoms with van der Waals surface area (Å²) in [6, 6.07) is 29.5. The number of hydrogen-bond donors (Lipinski definition) is 0. The highest BCUT2D eigenvalue weighted by molar-refractivity contribution is 7.09. The molecule has 1 fully saturated rings. The van der Waals surface area contributed by atoms with Crippen molar-refractivity contribution in [3.63, 3.8) is 0 Å². The molecule has 1 aromatic heterocycles. The van der Waals surface area contributed by atoms with E-state index in [0.717, 1.165) is 47.7 Å². The van der Waals surface area contributed by atoms with Gasteiger partial charge in [0.25, 0.3) is 0 Å². The van der Waals surface area contributed by atoms with Crippen molar-refractivity contribution in [3.05, 3.63) is 112 Å². The van der Waals surface area contributed by atoms with Crippen molar-refractivity contribution in [1.82, 2.24) is 19.2 Å². The number of carbonyl (C=O) groups excluding carboxylic acids is 1. The Morgan fingerprint density at radius 3 is 2.08 bits per heavy atom. The predicted octanol–water partition coefficient (Wildman–Crippen LogP) is 6.32. The van der Waals surface area contributed by atoms with Crippen LogP contribution < -0.4 is 4.90 Å². The van der Waals surface area contributed by atoms with E-state index >= 15 is 0 Å². The van der Waals surface area contributed by atoms with Gasteiger partial charge < -0.3 is 9.80 Å². The van der Waals surface area contributed by atoms with Crippen molar-refractivity contribution >= 4 is 34.2 Å². The Balaban J connectivity index is 1.17. The molecule has 1 aliphatic heterocycles. The van der Waals surface area contributed by atoms with Crippen LogP contribution in [0, 0.1) is 0 Å². The van der Waals surface area contributed by atoms with Crippen molar-refractivity contribution in [2.24, 2.45) is 0 Å². The second-order valence-electron chi connectivity index (χ2n) is 10.5. The summed E-state index contributed by atoms with van der Waals surface area (Å²) < 4.78 is 4.58. The second-order valence-corrected chi connectivity index (χ2v) is 11.6. The summed E-state index contributed by atoms with van der Waals surface area (Å²) in [5.41, 5.74) is 3.70. The molecule has 0 bridgehead atoms. The molecule has 3 aromatic carbocycles. The highest BCUT2D eigenvalue weighted by Crippen LogP contribution is 2.29. The van der Waals surface area contributed by atoms with Crippen molar-refractivity contribution in [3.8, 4) is 0 Å². The van der Waals surface area contributed by atoms with Gasteiger partial charge in [0.1, 0.15) is 5.82 Å². The fourth-order valence-electron chi connectivity index (χ4n) is 5.28. The number of anilines is 1. The van der Waals surface area contributed by atoms with Crippen LogP contribution in [0.1, 0.15) is 48.8 Å². The summed E-state index contributed by atoms with van der Waals surface area (Å²) in [4.78, 5) is 24.8. The molecule has 6 nitrogen and oxygen atoms in total. The molecule has 0 N–H and O–H groups in total. The molecule has 0 spiro atoms. The number of rotatable bonds is 10. The maximum absolute atomic E-state index is 13.3. The van der Waals surface area contributed by atoms with Crippen LogP contribution in [0.25, 0.3) is 0 Å². The van der Waals surface area contributed by atoms with Gasteiger partial charge in [0.15, 0.2) is 0 Å². The van der Waals surface area contributed by atoms with Gasteiger partial charge in [0, 0.05) is 68.2 Å². The molecular weight excluding hydrogens is 538 g/mol. The Bertz CT molecular complexity index is 1320. The minimum absolute atomic E-state index is 0.190. The third-order valence-electron chi connectivity index (χ3n) is 7.43. The first kappa shape index (κ1) is 28.3. The molecule has 0 aliphatic carbocycles. The zero-order chi connectivity index (χ0) is 27.9. The Morgan fingerprint density at radius 1 is 0.900 bits per heavy atom. The average Bonchev–Trinajstić information content (AvgIpc) is 3.43. The van der Waals surface area contributed by atoms with Gasteiger partial charge >= 0.3 is 0 Å². The van der Waals surface area contributed by atoms with Crippen molar-refractivity contribution in [2.75, 3.05) is 37.6 Å². The molecule has 208 valence electrons. The van der Waals surface area contributed by atoms with Crippen LogP contribution in [-0.4, -0.2) is 63.8 Å². The number of benzene rings is 3. The quantitative estimate of drug-likeness (QED) is 0.222. The minimum Gasteiger partial charge on any atom is -0.344 e. The van der Waals surface area contributed by atoms with Crippen LogP contribution in [0.15, 0.2) is 84.9 Å². The fourth-order valence-corrected chi connectivity index (χ4v) is 6.25. The molecule has 1 amide bonds. The van der Waals surface area contributed by atoms with Crippen LogP contribution in [0.4, 0.5) is 5.13 Å². The zero-order valence-corrected chi connectivity index (χ0v) is 24.7. The average molecular weight is 574 g/mol. The summed E-state index contributed by atoms with van der Waals surface area (Å²) >= 11 is 7.42. The van der Waals surface area contributed by atoms with E-state index in [1.807, 2.05) is 29.2 Å². The van der Waals surface area contributed by atoms with Gasteiger partial charge in [-0.1, -0.05) is 84.4 Å². The molecular formula is C32H36ClN5OS. The fraction of sp³-hybridized carbons (Fsp3) is 0.344. The number of halogens is 1. The number of aromatic nitrogens is 2. The van der Waals surface area contributed by atoms with Crippen molar-refractivity contribution < 1.29 is 4.79 Å². The second kappa shape index (κ2) is 13.4. The maximum atomic E-state index is 13.3.